The van der Waals surface area contributed by atoms with E-state index in [2.05, 4.69) is 15.2 Å². The predicted molar refractivity (Wildman–Crippen MR) is 117 cm³/mol. The monoisotopic (exact) mass is 471 g/mol. The van der Waals surface area contributed by atoms with Crippen molar-refractivity contribution in [3.05, 3.63) is 56.8 Å². The summed E-state index contributed by atoms with van der Waals surface area (Å²) in [5.41, 5.74) is 1.08. The van der Waals surface area contributed by atoms with Gasteiger partial charge in [0.1, 0.15) is 5.82 Å². The van der Waals surface area contributed by atoms with Crippen LogP contribution in [0.15, 0.2) is 28.8 Å². The normalized spacial score (nSPS) is 30.2. The number of halogens is 2. The lowest BCUT2D eigenvalue weighted by Gasteiger charge is -2.61. The van der Waals surface area contributed by atoms with Gasteiger partial charge in [-0.3, -0.25) is 0 Å². The first-order chi connectivity index (χ1) is 15.8. The van der Waals surface area contributed by atoms with Crippen molar-refractivity contribution in [1.82, 2.24) is 19.9 Å². The quantitative estimate of drug-likeness (QED) is 0.361. The molecule has 3 aromatic rings. The molecule has 4 aliphatic carbocycles. The fraction of sp³-hybridized carbons (Fsp3) is 0.522. The van der Waals surface area contributed by atoms with Crippen LogP contribution in [0.5, 0.6) is 0 Å². The molecule has 0 N–H and O–H groups in total. The third-order valence-corrected chi connectivity index (χ3v) is 8.34. The smallest absolute Gasteiger partial charge is 0.358 e. The molecular weight excluding hydrogens is 449 g/mol. The fourth-order valence-electron chi connectivity index (χ4n) is 7.27. The Morgan fingerprint density at radius 2 is 1.94 bits per heavy atom. The fourth-order valence-corrected chi connectivity index (χ4v) is 7.45. The van der Waals surface area contributed by atoms with Gasteiger partial charge in [-0.25, -0.2) is 4.39 Å². The predicted octanol–water partition coefficient (Wildman–Crippen LogP) is 5.48. The van der Waals surface area contributed by atoms with Crippen molar-refractivity contribution in [3.63, 3.8) is 0 Å². The topological polar surface area (TPSA) is 99.9 Å². The minimum Gasteiger partial charge on any atom is -0.358 e. The molecule has 0 saturated heterocycles. The summed E-state index contributed by atoms with van der Waals surface area (Å²) < 4.78 is 20.7. The molecule has 2 atom stereocenters. The van der Waals surface area contributed by atoms with E-state index in [1.165, 1.54) is 18.6 Å². The third kappa shape index (κ3) is 3.27. The van der Waals surface area contributed by atoms with Gasteiger partial charge in [0, 0.05) is 12.0 Å². The molecule has 1 aromatic carbocycles. The lowest BCUT2D eigenvalue weighted by Crippen LogP contribution is -2.57. The molecule has 0 radical (unpaired) electrons. The molecule has 2 aromatic heterocycles. The Balaban J connectivity index is 1.33. The molecule has 172 valence electrons. The van der Waals surface area contributed by atoms with Gasteiger partial charge in [-0.05, 0) is 91.9 Å². The van der Waals surface area contributed by atoms with Crippen LogP contribution in [-0.4, -0.2) is 24.8 Å². The number of benzene rings is 1. The molecule has 2 unspecified atom stereocenters. The summed E-state index contributed by atoms with van der Waals surface area (Å²) in [5.74, 6) is 1.53. The molecule has 4 saturated carbocycles. The van der Waals surface area contributed by atoms with E-state index in [9.17, 15) is 14.5 Å². The highest BCUT2D eigenvalue weighted by molar-refractivity contribution is 6.33. The van der Waals surface area contributed by atoms with Gasteiger partial charge in [0.25, 0.3) is 0 Å². The number of nitrogens with zero attached hydrogens (tertiary/aromatic N) is 5. The first-order valence-electron chi connectivity index (χ1n) is 11.2. The summed E-state index contributed by atoms with van der Waals surface area (Å²) in [5, 5.41) is 20.1. The van der Waals surface area contributed by atoms with Crippen molar-refractivity contribution in [2.45, 2.75) is 57.4 Å². The number of rotatable bonds is 5. The molecule has 4 fully saturated rings. The van der Waals surface area contributed by atoms with E-state index < -0.39 is 4.92 Å². The standard InChI is InChI=1S/C23H23ClFN5O3/c1-13-19(24)21(30(31)32)27-29(13)23-9-14-6-15(10-23)8-22(7-14,12-23)11-18-26-20(28-33-18)16-2-4-17(25)5-3-16/h2-5,14-15H,6-12H2,1H3. The van der Waals surface area contributed by atoms with Crippen LogP contribution in [0.3, 0.4) is 0 Å². The van der Waals surface area contributed by atoms with Gasteiger partial charge in [-0.2, -0.15) is 9.67 Å². The zero-order chi connectivity index (χ0) is 23.0. The van der Waals surface area contributed by atoms with Crippen LogP contribution in [-0.2, 0) is 12.0 Å². The molecule has 4 bridgehead atoms. The van der Waals surface area contributed by atoms with Gasteiger partial charge < -0.3 is 14.6 Å². The lowest BCUT2D eigenvalue weighted by molar-refractivity contribution is -0.389. The van der Waals surface area contributed by atoms with Crippen LogP contribution in [0.2, 0.25) is 5.02 Å². The number of hydrogen-bond acceptors (Lipinski definition) is 6. The molecule has 0 aliphatic heterocycles. The highest BCUT2D eigenvalue weighted by atomic mass is 35.5. The summed E-state index contributed by atoms with van der Waals surface area (Å²) in [4.78, 5) is 15.6. The maximum Gasteiger partial charge on any atom is 0.408 e. The molecular formula is C23H23ClFN5O3. The van der Waals surface area contributed by atoms with Crippen LogP contribution >= 0.6 is 11.6 Å². The minimum absolute atomic E-state index is 0.0175. The van der Waals surface area contributed by atoms with Gasteiger partial charge in [0.05, 0.1) is 16.3 Å². The number of nitro groups is 1. The van der Waals surface area contributed by atoms with Crippen LogP contribution in [0.25, 0.3) is 11.4 Å². The van der Waals surface area contributed by atoms with Crippen LogP contribution in [0.1, 0.15) is 50.1 Å². The summed E-state index contributed by atoms with van der Waals surface area (Å²) in [6.07, 6.45) is 6.79. The van der Waals surface area contributed by atoms with Crippen molar-refractivity contribution in [2.75, 3.05) is 0 Å². The van der Waals surface area contributed by atoms with Gasteiger partial charge in [0.2, 0.25) is 11.7 Å². The van der Waals surface area contributed by atoms with Crippen molar-refractivity contribution in [3.8, 4) is 11.4 Å². The summed E-state index contributed by atoms with van der Waals surface area (Å²) in [6, 6.07) is 6.04. The summed E-state index contributed by atoms with van der Waals surface area (Å²) >= 11 is 6.30. The van der Waals surface area contributed by atoms with Crippen LogP contribution in [0.4, 0.5) is 10.2 Å². The van der Waals surface area contributed by atoms with E-state index in [4.69, 9.17) is 16.1 Å². The number of aromatic nitrogens is 4. The summed E-state index contributed by atoms with van der Waals surface area (Å²) in [6.45, 7) is 1.82. The molecule has 4 aliphatic rings. The van der Waals surface area contributed by atoms with E-state index in [1.54, 1.807) is 12.1 Å². The Kier molecular flexibility index (Phi) is 4.46. The second kappa shape index (κ2) is 7.09. The van der Waals surface area contributed by atoms with E-state index >= 15 is 0 Å². The average molecular weight is 472 g/mol. The Bertz CT molecular complexity index is 1240. The van der Waals surface area contributed by atoms with Gasteiger partial charge in [0.15, 0.2) is 5.02 Å². The van der Waals surface area contributed by atoms with E-state index in [1.807, 2.05) is 11.6 Å². The van der Waals surface area contributed by atoms with Crippen molar-refractivity contribution >= 4 is 17.4 Å². The molecule has 10 heteroatoms. The average Bonchev–Trinajstić information content (AvgIpc) is 3.32. The zero-order valence-electron chi connectivity index (χ0n) is 18.1. The van der Waals surface area contributed by atoms with E-state index in [0.29, 0.717) is 41.2 Å². The Hall–Kier alpha value is -2.81. The molecule has 2 heterocycles. The highest BCUT2D eigenvalue weighted by Crippen LogP contribution is 2.65. The van der Waals surface area contributed by atoms with Crippen molar-refractivity contribution in [2.24, 2.45) is 17.3 Å². The minimum atomic E-state index is -0.502. The SMILES string of the molecule is Cc1c(Cl)c([N+](=O)[O-])nn1C12CC3CC(CC(Cc4nc(-c5ccc(F)cc5)no4)(C3)C1)C2. The first kappa shape index (κ1) is 20.8. The van der Waals surface area contributed by atoms with E-state index in [0.717, 1.165) is 32.1 Å². The number of hydrogen-bond donors (Lipinski definition) is 0. The van der Waals surface area contributed by atoms with Crippen molar-refractivity contribution in [1.29, 1.82) is 0 Å². The lowest BCUT2D eigenvalue weighted by atomic mass is 9.46. The molecule has 8 nitrogen and oxygen atoms in total. The Labute approximate surface area is 194 Å². The van der Waals surface area contributed by atoms with Gasteiger partial charge >= 0.3 is 5.82 Å². The maximum absolute atomic E-state index is 13.3. The molecule has 0 amide bonds. The summed E-state index contributed by atoms with van der Waals surface area (Å²) in [7, 11) is 0. The largest absolute Gasteiger partial charge is 0.408 e. The molecule has 33 heavy (non-hydrogen) atoms. The van der Waals surface area contributed by atoms with Crippen LogP contribution < -0.4 is 0 Å². The maximum atomic E-state index is 13.3. The van der Waals surface area contributed by atoms with Crippen molar-refractivity contribution < 1.29 is 13.8 Å². The zero-order valence-corrected chi connectivity index (χ0v) is 18.9. The second-order valence-electron chi connectivity index (χ2n) is 10.3. The van der Waals surface area contributed by atoms with E-state index in [-0.39, 0.29) is 27.6 Å². The second-order valence-corrected chi connectivity index (χ2v) is 10.7. The Morgan fingerprint density at radius 3 is 2.58 bits per heavy atom. The Morgan fingerprint density at radius 1 is 1.24 bits per heavy atom. The molecule has 0 spiro atoms. The van der Waals surface area contributed by atoms with Gasteiger partial charge in [-0.1, -0.05) is 16.8 Å². The molecule has 7 rings (SSSR count). The van der Waals surface area contributed by atoms with Crippen LogP contribution in [0, 0.1) is 40.1 Å². The third-order valence-electron chi connectivity index (χ3n) is 7.90. The highest BCUT2D eigenvalue weighted by Gasteiger charge is 2.60. The van der Waals surface area contributed by atoms with Gasteiger partial charge in [-0.15, -0.1) is 0 Å². The first-order valence-corrected chi connectivity index (χ1v) is 11.6.